The van der Waals surface area contributed by atoms with Gasteiger partial charge in [0.1, 0.15) is 5.82 Å². The molecule has 1 fully saturated rings. The molecule has 2 heterocycles. The fraction of sp³-hybridized carbons (Fsp3) is 0.412. The molecule has 8 heteroatoms. The van der Waals surface area contributed by atoms with Gasteiger partial charge in [0.05, 0.1) is 18.8 Å². The van der Waals surface area contributed by atoms with Gasteiger partial charge in [0, 0.05) is 44.5 Å². The number of benzene rings is 1. The highest BCUT2D eigenvalue weighted by Gasteiger charge is 2.20. The standard InChI is InChI=1S/C17H22FN5O2/c18-13-1-3-14(4-2-13)20-17(24)12-23-7-5-22(6-8-23)11-15-9-16(10-19)25-21-15/h1-4,9H,5-8,10-12,19H2,(H,20,24). The van der Waals surface area contributed by atoms with Crippen LogP contribution in [0.2, 0.25) is 0 Å². The number of aromatic nitrogens is 1. The Balaban J connectivity index is 1.41. The van der Waals surface area contributed by atoms with E-state index >= 15 is 0 Å². The molecule has 0 unspecified atom stereocenters. The highest BCUT2D eigenvalue weighted by molar-refractivity contribution is 5.92. The van der Waals surface area contributed by atoms with E-state index in [2.05, 4.69) is 20.3 Å². The zero-order valence-electron chi connectivity index (χ0n) is 13.9. The van der Waals surface area contributed by atoms with Crippen LogP contribution in [0.1, 0.15) is 11.5 Å². The van der Waals surface area contributed by atoms with Crippen LogP contribution in [-0.2, 0) is 17.9 Å². The maximum absolute atomic E-state index is 12.9. The van der Waals surface area contributed by atoms with Gasteiger partial charge in [0.25, 0.3) is 0 Å². The minimum atomic E-state index is -0.320. The molecule has 1 aliphatic rings. The Kier molecular flexibility index (Phi) is 5.75. The molecule has 1 aromatic carbocycles. The molecule has 1 saturated heterocycles. The summed E-state index contributed by atoms with van der Waals surface area (Å²) in [7, 11) is 0. The maximum atomic E-state index is 12.9. The number of nitrogens with one attached hydrogen (secondary N) is 1. The molecule has 134 valence electrons. The van der Waals surface area contributed by atoms with E-state index in [4.69, 9.17) is 10.3 Å². The Hall–Kier alpha value is -2.29. The Labute approximate surface area is 145 Å². The van der Waals surface area contributed by atoms with E-state index in [0.29, 0.717) is 24.5 Å². The van der Waals surface area contributed by atoms with E-state index in [-0.39, 0.29) is 11.7 Å². The zero-order chi connectivity index (χ0) is 17.6. The Morgan fingerprint density at radius 2 is 1.88 bits per heavy atom. The van der Waals surface area contributed by atoms with Gasteiger partial charge in [0.15, 0.2) is 5.76 Å². The van der Waals surface area contributed by atoms with Crippen LogP contribution in [0.5, 0.6) is 0 Å². The van der Waals surface area contributed by atoms with E-state index in [1.807, 2.05) is 6.07 Å². The lowest BCUT2D eigenvalue weighted by Crippen LogP contribution is -2.48. The Bertz CT molecular complexity index is 695. The smallest absolute Gasteiger partial charge is 0.238 e. The predicted octanol–water partition coefficient (Wildman–Crippen LogP) is 1.03. The lowest BCUT2D eigenvalue weighted by molar-refractivity contribution is -0.117. The summed E-state index contributed by atoms with van der Waals surface area (Å²) in [6, 6.07) is 7.64. The number of nitrogens with two attached hydrogens (primary N) is 1. The van der Waals surface area contributed by atoms with Crippen molar-refractivity contribution in [1.82, 2.24) is 15.0 Å². The number of rotatable bonds is 6. The van der Waals surface area contributed by atoms with Gasteiger partial charge in [0.2, 0.25) is 5.91 Å². The number of piperazine rings is 1. The van der Waals surface area contributed by atoms with E-state index < -0.39 is 0 Å². The first-order chi connectivity index (χ1) is 12.1. The normalized spacial score (nSPS) is 16.1. The number of nitrogens with zero attached hydrogens (tertiary/aromatic N) is 3. The molecule has 3 rings (SSSR count). The van der Waals surface area contributed by atoms with E-state index in [0.717, 1.165) is 38.4 Å². The molecule has 25 heavy (non-hydrogen) atoms. The summed E-state index contributed by atoms with van der Waals surface area (Å²) in [6.07, 6.45) is 0. The molecule has 3 N–H and O–H groups in total. The van der Waals surface area contributed by atoms with Gasteiger partial charge in [-0.1, -0.05) is 5.16 Å². The predicted molar refractivity (Wildman–Crippen MR) is 91.1 cm³/mol. The summed E-state index contributed by atoms with van der Waals surface area (Å²) in [5, 5.41) is 6.78. The molecule has 0 aliphatic carbocycles. The monoisotopic (exact) mass is 347 g/mol. The molecule has 1 amide bonds. The first-order valence-corrected chi connectivity index (χ1v) is 8.27. The van der Waals surface area contributed by atoms with Gasteiger partial charge in [-0.2, -0.15) is 0 Å². The van der Waals surface area contributed by atoms with Gasteiger partial charge in [-0.15, -0.1) is 0 Å². The second-order valence-electron chi connectivity index (χ2n) is 6.10. The van der Waals surface area contributed by atoms with E-state index in [9.17, 15) is 9.18 Å². The van der Waals surface area contributed by atoms with E-state index in [1.165, 1.54) is 12.1 Å². The molecule has 1 aromatic heterocycles. The van der Waals surface area contributed by atoms with Crippen molar-refractivity contribution in [2.45, 2.75) is 13.1 Å². The van der Waals surface area contributed by atoms with Crippen molar-refractivity contribution in [3.05, 3.63) is 47.6 Å². The number of halogens is 1. The van der Waals surface area contributed by atoms with Crippen LogP contribution in [-0.4, -0.2) is 53.6 Å². The number of carbonyl (C=O) groups is 1. The third-order valence-corrected chi connectivity index (χ3v) is 4.15. The number of hydrogen-bond donors (Lipinski definition) is 2. The van der Waals surface area contributed by atoms with Crippen molar-refractivity contribution in [1.29, 1.82) is 0 Å². The fourth-order valence-corrected chi connectivity index (χ4v) is 2.80. The van der Waals surface area contributed by atoms with Crippen LogP contribution in [0, 0.1) is 5.82 Å². The SMILES string of the molecule is NCc1cc(CN2CCN(CC(=O)Nc3ccc(F)cc3)CC2)no1. The van der Waals surface area contributed by atoms with Crippen molar-refractivity contribution in [3.8, 4) is 0 Å². The average Bonchev–Trinajstić information content (AvgIpc) is 3.06. The maximum Gasteiger partial charge on any atom is 0.238 e. The fourth-order valence-electron chi connectivity index (χ4n) is 2.80. The molecule has 0 saturated carbocycles. The summed E-state index contributed by atoms with van der Waals surface area (Å²) in [5.74, 6) is 0.273. The number of hydrogen-bond acceptors (Lipinski definition) is 6. The quantitative estimate of drug-likeness (QED) is 0.811. The molecule has 7 nitrogen and oxygen atoms in total. The molecule has 0 atom stereocenters. The second-order valence-corrected chi connectivity index (χ2v) is 6.10. The number of anilines is 1. The molecular formula is C17H22FN5O2. The highest BCUT2D eigenvalue weighted by Crippen LogP contribution is 2.11. The van der Waals surface area contributed by atoms with Crippen molar-refractivity contribution in [3.63, 3.8) is 0 Å². The summed E-state index contributed by atoms with van der Waals surface area (Å²) in [6.45, 7) is 4.72. The first-order valence-electron chi connectivity index (χ1n) is 8.27. The zero-order valence-corrected chi connectivity index (χ0v) is 13.9. The first kappa shape index (κ1) is 17.5. The number of carbonyl (C=O) groups excluding carboxylic acids is 1. The van der Waals surface area contributed by atoms with Gasteiger partial charge in [-0.25, -0.2) is 4.39 Å². The second kappa shape index (κ2) is 8.19. The Morgan fingerprint density at radius 1 is 1.20 bits per heavy atom. The molecular weight excluding hydrogens is 325 g/mol. The third-order valence-electron chi connectivity index (χ3n) is 4.15. The third kappa shape index (κ3) is 5.09. The summed E-state index contributed by atoms with van der Waals surface area (Å²) in [5.41, 5.74) is 6.99. The summed E-state index contributed by atoms with van der Waals surface area (Å²) in [4.78, 5) is 16.5. The van der Waals surface area contributed by atoms with Crippen LogP contribution >= 0.6 is 0 Å². The average molecular weight is 347 g/mol. The molecule has 1 aliphatic heterocycles. The highest BCUT2D eigenvalue weighted by atomic mass is 19.1. The molecule has 0 radical (unpaired) electrons. The van der Waals surface area contributed by atoms with E-state index in [1.54, 1.807) is 12.1 Å². The minimum absolute atomic E-state index is 0.0934. The largest absolute Gasteiger partial charge is 0.360 e. The van der Waals surface area contributed by atoms with Crippen LogP contribution in [0.4, 0.5) is 10.1 Å². The van der Waals surface area contributed by atoms with Crippen LogP contribution in [0.25, 0.3) is 0 Å². The van der Waals surface area contributed by atoms with Gasteiger partial charge < -0.3 is 15.6 Å². The lowest BCUT2D eigenvalue weighted by atomic mass is 10.2. The topological polar surface area (TPSA) is 87.6 Å². The van der Waals surface area contributed by atoms with Crippen molar-refractivity contribution in [2.24, 2.45) is 5.73 Å². The molecule has 0 bridgehead atoms. The minimum Gasteiger partial charge on any atom is -0.360 e. The summed E-state index contributed by atoms with van der Waals surface area (Å²) < 4.78 is 18.0. The van der Waals surface area contributed by atoms with Gasteiger partial charge in [-0.05, 0) is 24.3 Å². The number of amides is 1. The Morgan fingerprint density at radius 3 is 2.52 bits per heavy atom. The van der Waals surface area contributed by atoms with Crippen LogP contribution < -0.4 is 11.1 Å². The molecule has 0 spiro atoms. The van der Waals surface area contributed by atoms with Crippen LogP contribution in [0.15, 0.2) is 34.9 Å². The van der Waals surface area contributed by atoms with Crippen molar-refractivity contribution >= 4 is 11.6 Å². The van der Waals surface area contributed by atoms with Crippen molar-refractivity contribution < 1.29 is 13.7 Å². The molecule has 2 aromatic rings. The van der Waals surface area contributed by atoms with Crippen molar-refractivity contribution in [2.75, 3.05) is 38.0 Å². The van der Waals surface area contributed by atoms with Gasteiger partial charge >= 0.3 is 0 Å². The summed E-state index contributed by atoms with van der Waals surface area (Å²) >= 11 is 0. The van der Waals surface area contributed by atoms with Gasteiger partial charge in [-0.3, -0.25) is 14.6 Å². The lowest BCUT2D eigenvalue weighted by Gasteiger charge is -2.33. The van der Waals surface area contributed by atoms with Crippen LogP contribution in [0.3, 0.4) is 0 Å².